The fourth-order valence-corrected chi connectivity index (χ4v) is 5.89. The van der Waals surface area contributed by atoms with Crippen molar-refractivity contribution >= 4 is 47.2 Å². The molecule has 0 bridgehead atoms. The van der Waals surface area contributed by atoms with Crippen molar-refractivity contribution in [1.29, 1.82) is 0 Å². The summed E-state index contributed by atoms with van der Waals surface area (Å²) < 4.78 is 49.7. The van der Waals surface area contributed by atoms with Crippen LogP contribution in [-0.2, 0) is 26.4 Å². The number of benzene rings is 2. The van der Waals surface area contributed by atoms with Crippen LogP contribution in [0.2, 0.25) is 0 Å². The van der Waals surface area contributed by atoms with E-state index in [4.69, 9.17) is 5.14 Å². The summed E-state index contributed by atoms with van der Waals surface area (Å²) in [6.45, 7) is 0.215. The lowest BCUT2D eigenvalue weighted by Crippen LogP contribution is -2.21. The molecule has 0 aliphatic rings. The van der Waals surface area contributed by atoms with Gasteiger partial charge in [-0.25, -0.2) is 22.0 Å². The van der Waals surface area contributed by atoms with Gasteiger partial charge in [0.25, 0.3) is 5.91 Å². The maximum absolute atomic E-state index is 12.9. The van der Waals surface area contributed by atoms with Gasteiger partial charge in [-0.15, -0.1) is 11.3 Å². The lowest BCUT2D eigenvalue weighted by Gasteiger charge is -2.08. The van der Waals surface area contributed by atoms with Crippen molar-refractivity contribution in [2.45, 2.75) is 21.2 Å². The number of rotatable bonds is 6. The second-order valence-corrected chi connectivity index (χ2v) is 11.5. The van der Waals surface area contributed by atoms with E-state index in [2.05, 4.69) is 10.3 Å². The molecule has 2 aromatic carbocycles. The normalized spacial score (nSPS) is 12.0. The summed E-state index contributed by atoms with van der Waals surface area (Å²) in [5, 5.41) is 8.84. The molecule has 0 atom stereocenters. The van der Waals surface area contributed by atoms with Crippen molar-refractivity contribution in [2.24, 2.45) is 5.14 Å². The quantitative estimate of drug-likeness (QED) is 0.429. The number of sulfonamides is 1. The fraction of sp³-hybridized carbons (Fsp3) is 0.0476. The van der Waals surface area contributed by atoms with Crippen molar-refractivity contribution in [3.8, 4) is 0 Å². The molecule has 4 aromatic rings. The number of hydrogen-bond donors (Lipinski definition) is 2. The van der Waals surface area contributed by atoms with E-state index in [1.54, 1.807) is 30.6 Å². The Labute approximate surface area is 188 Å². The average Bonchev–Trinajstić information content (AvgIpc) is 3.22. The van der Waals surface area contributed by atoms with E-state index in [-0.39, 0.29) is 27.1 Å². The van der Waals surface area contributed by atoms with Crippen molar-refractivity contribution in [2.75, 3.05) is 0 Å². The Kier molecular flexibility index (Phi) is 5.82. The second kappa shape index (κ2) is 8.43. The molecule has 0 fully saturated rings. The van der Waals surface area contributed by atoms with Crippen molar-refractivity contribution in [1.82, 2.24) is 10.3 Å². The van der Waals surface area contributed by atoms with Crippen LogP contribution < -0.4 is 10.5 Å². The summed E-state index contributed by atoms with van der Waals surface area (Å²) in [6.07, 6.45) is 3.37. The van der Waals surface area contributed by atoms with Crippen molar-refractivity contribution < 1.29 is 21.6 Å². The van der Waals surface area contributed by atoms with E-state index in [0.717, 1.165) is 16.2 Å². The summed E-state index contributed by atoms with van der Waals surface area (Å²) >= 11 is 1.34. The van der Waals surface area contributed by atoms with Crippen LogP contribution in [0.25, 0.3) is 10.1 Å². The predicted octanol–water partition coefficient (Wildman–Crippen LogP) is 2.71. The van der Waals surface area contributed by atoms with Gasteiger partial charge in [0, 0.05) is 18.9 Å². The minimum Gasteiger partial charge on any atom is -0.347 e. The van der Waals surface area contributed by atoms with Gasteiger partial charge in [-0.1, -0.05) is 18.2 Å². The number of nitrogens with one attached hydrogen (secondary N) is 1. The lowest BCUT2D eigenvalue weighted by atomic mass is 10.2. The molecule has 4 rings (SSSR count). The maximum Gasteiger partial charge on any atom is 0.261 e. The second-order valence-electron chi connectivity index (χ2n) is 6.87. The van der Waals surface area contributed by atoms with Gasteiger partial charge >= 0.3 is 0 Å². The number of pyridine rings is 1. The van der Waals surface area contributed by atoms with Gasteiger partial charge in [-0.2, -0.15) is 0 Å². The molecule has 0 aliphatic carbocycles. The van der Waals surface area contributed by atoms with Crippen molar-refractivity contribution in [3.63, 3.8) is 0 Å². The highest BCUT2D eigenvalue weighted by molar-refractivity contribution is 7.91. The number of nitrogens with zero attached hydrogens (tertiary/aromatic N) is 1. The smallest absolute Gasteiger partial charge is 0.261 e. The first-order valence-corrected chi connectivity index (χ1v) is 13.1. The lowest BCUT2D eigenvalue weighted by molar-refractivity contribution is 0.0955. The fourth-order valence-electron chi connectivity index (χ4n) is 3.01. The minimum absolute atomic E-state index is 0.00356. The Bertz CT molecular complexity index is 1490. The molecule has 11 heteroatoms. The molecule has 0 unspecified atom stereocenters. The molecule has 0 radical (unpaired) electrons. The predicted molar refractivity (Wildman–Crippen MR) is 120 cm³/mol. The van der Waals surface area contributed by atoms with Crippen LogP contribution in [0.1, 0.15) is 15.2 Å². The Morgan fingerprint density at radius 1 is 0.938 bits per heavy atom. The van der Waals surface area contributed by atoms with Crippen LogP contribution in [0.15, 0.2) is 87.7 Å². The molecular weight excluding hydrogens is 470 g/mol. The first-order chi connectivity index (χ1) is 15.1. The third-order valence-electron chi connectivity index (χ3n) is 4.68. The largest absolute Gasteiger partial charge is 0.347 e. The molecule has 8 nitrogen and oxygen atoms in total. The number of carbonyl (C=O) groups excluding carboxylic acids is 1. The van der Waals surface area contributed by atoms with Gasteiger partial charge in [0.15, 0.2) is 0 Å². The Morgan fingerprint density at radius 3 is 2.34 bits per heavy atom. The number of carbonyl (C=O) groups is 1. The molecule has 0 saturated carbocycles. The summed E-state index contributed by atoms with van der Waals surface area (Å²) in [6, 6.07) is 14.5. The van der Waals surface area contributed by atoms with E-state index < -0.39 is 19.9 Å². The molecule has 1 amide bonds. The zero-order chi connectivity index (χ0) is 22.9. The molecule has 0 saturated heterocycles. The van der Waals surface area contributed by atoms with Gasteiger partial charge in [-0.3, -0.25) is 9.78 Å². The number of nitrogens with two attached hydrogens (primary N) is 1. The Hall–Kier alpha value is -3.12. The Balaban J connectivity index is 1.48. The van der Waals surface area contributed by atoms with Crippen molar-refractivity contribution in [3.05, 3.63) is 83.5 Å². The first kappa shape index (κ1) is 22.1. The molecule has 2 heterocycles. The minimum atomic E-state index is -4.03. The third kappa shape index (κ3) is 4.55. The van der Waals surface area contributed by atoms with Crippen LogP contribution in [0.4, 0.5) is 0 Å². The van der Waals surface area contributed by atoms with E-state index in [0.29, 0.717) is 10.4 Å². The van der Waals surface area contributed by atoms with Crippen LogP contribution in [0.3, 0.4) is 0 Å². The molecule has 0 aliphatic heterocycles. The monoisotopic (exact) mass is 487 g/mol. The number of primary sulfonamides is 1. The Morgan fingerprint density at radius 2 is 1.66 bits per heavy atom. The van der Waals surface area contributed by atoms with Gasteiger partial charge in [0.05, 0.1) is 24.3 Å². The zero-order valence-electron chi connectivity index (χ0n) is 16.4. The third-order valence-corrected chi connectivity index (χ3v) is 8.44. The SMILES string of the molecule is NS(=O)(=O)c1cccc(S(=O)(=O)c2ccc(CNC(=O)c3cc4ccncc4s3)cc2)c1. The van der Waals surface area contributed by atoms with Gasteiger partial charge in [-0.05, 0) is 53.4 Å². The molecule has 32 heavy (non-hydrogen) atoms. The summed E-state index contributed by atoms with van der Waals surface area (Å²) in [5.41, 5.74) is 0.707. The van der Waals surface area contributed by atoms with E-state index in [1.165, 1.54) is 41.7 Å². The number of thiophene rings is 1. The highest BCUT2D eigenvalue weighted by Crippen LogP contribution is 2.25. The average molecular weight is 488 g/mol. The van der Waals surface area contributed by atoms with E-state index >= 15 is 0 Å². The van der Waals surface area contributed by atoms with E-state index in [1.807, 2.05) is 6.07 Å². The summed E-state index contributed by atoms with van der Waals surface area (Å²) in [4.78, 5) is 16.6. The van der Waals surface area contributed by atoms with Gasteiger partial charge in [0.1, 0.15) is 0 Å². The molecule has 0 spiro atoms. The number of amides is 1. The number of hydrogen-bond acceptors (Lipinski definition) is 7. The number of sulfone groups is 1. The van der Waals surface area contributed by atoms with E-state index in [9.17, 15) is 21.6 Å². The van der Waals surface area contributed by atoms with Crippen LogP contribution in [-0.4, -0.2) is 27.7 Å². The summed E-state index contributed by atoms with van der Waals surface area (Å²) in [7, 11) is -7.97. The molecule has 3 N–H and O–H groups in total. The van der Waals surface area contributed by atoms with Crippen LogP contribution in [0.5, 0.6) is 0 Å². The van der Waals surface area contributed by atoms with Crippen LogP contribution in [0, 0.1) is 0 Å². The maximum atomic E-state index is 12.9. The molecular formula is C21H17N3O5S3. The topological polar surface area (TPSA) is 136 Å². The number of aromatic nitrogens is 1. The van der Waals surface area contributed by atoms with Gasteiger partial charge in [0.2, 0.25) is 19.9 Å². The number of fused-ring (bicyclic) bond motifs is 1. The standard InChI is InChI=1S/C21H17N3O5S3/c22-32(28,29)18-3-1-2-17(11-18)31(26,27)16-6-4-14(5-7-16)12-24-21(25)19-10-15-8-9-23-13-20(15)30-19/h1-11,13H,12H2,(H,24,25)(H2,22,28,29). The highest BCUT2D eigenvalue weighted by Gasteiger charge is 2.20. The first-order valence-electron chi connectivity index (χ1n) is 9.23. The van der Waals surface area contributed by atoms with Gasteiger partial charge < -0.3 is 5.32 Å². The van der Waals surface area contributed by atoms with Crippen LogP contribution >= 0.6 is 11.3 Å². The zero-order valence-corrected chi connectivity index (χ0v) is 18.9. The summed E-state index contributed by atoms with van der Waals surface area (Å²) in [5.74, 6) is -0.234. The highest BCUT2D eigenvalue weighted by atomic mass is 32.2. The molecule has 2 aromatic heterocycles. The molecule has 164 valence electrons.